The fraction of sp³-hybridized carbons (Fsp3) is 0.450. The van der Waals surface area contributed by atoms with Crippen molar-refractivity contribution >= 4 is 22.4 Å². The number of hydrazine groups is 1. The molecule has 0 unspecified atom stereocenters. The van der Waals surface area contributed by atoms with Gasteiger partial charge in [-0.05, 0) is 42.7 Å². The number of hydrogen-bond donors (Lipinski definition) is 3. The van der Waals surface area contributed by atoms with Crippen molar-refractivity contribution in [1.82, 2.24) is 20.3 Å². The summed E-state index contributed by atoms with van der Waals surface area (Å²) in [5.41, 5.74) is 8.10. The molecular formula is C20H26N4O2. The minimum atomic E-state index is -0.173. The van der Waals surface area contributed by atoms with Gasteiger partial charge in [-0.15, -0.1) is 0 Å². The second kappa shape index (κ2) is 6.87. The van der Waals surface area contributed by atoms with E-state index < -0.39 is 0 Å². The number of H-pyrrole nitrogens is 1. The summed E-state index contributed by atoms with van der Waals surface area (Å²) in [6, 6.07) is 6.68. The van der Waals surface area contributed by atoms with E-state index in [0.29, 0.717) is 19.0 Å². The zero-order valence-corrected chi connectivity index (χ0v) is 15.3. The highest BCUT2D eigenvalue weighted by atomic mass is 16.3. The number of carbonyl (C=O) groups excluding carboxylic acids is 1. The Morgan fingerprint density at radius 1 is 1.46 bits per heavy atom. The molecule has 0 fully saturated rings. The van der Waals surface area contributed by atoms with Crippen molar-refractivity contribution in [3.63, 3.8) is 0 Å². The number of carbonyl (C=O) groups is 1. The van der Waals surface area contributed by atoms with Crippen LogP contribution in [0.4, 0.5) is 0 Å². The summed E-state index contributed by atoms with van der Waals surface area (Å²) in [6.07, 6.45) is 5.89. The van der Waals surface area contributed by atoms with E-state index in [1.807, 2.05) is 0 Å². The molecule has 1 aliphatic carbocycles. The van der Waals surface area contributed by atoms with Crippen molar-refractivity contribution in [3.05, 3.63) is 41.6 Å². The molecule has 2 aliphatic rings. The number of nitrogens with one attached hydrogen (secondary N) is 2. The molecular weight excluding hydrogens is 328 g/mol. The number of amides is 1. The van der Waals surface area contributed by atoms with Crippen LogP contribution in [-0.2, 0) is 11.2 Å². The molecule has 1 amide bonds. The second-order valence-corrected chi connectivity index (χ2v) is 7.31. The first-order valence-electron chi connectivity index (χ1n) is 9.23. The zero-order valence-electron chi connectivity index (χ0n) is 15.3. The Labute approximate surface area is 153 Å². The quantitative estimate of drug-likeness (QED) is 0.560. The van der Waals surface area contributed by atoms with Crippen LogP contribution < -0.4 is 5.43 Å². The fourth-order valence-corrected chi connectivity index (χ4v) is 4.26. The Hall–Kier alpha value is -2.15. The first kappa shape index (κ1) is 17.3. The molecule has 2 atom stereocenters. The third-order valence-electron chi connectivity index (χ3n) is 5.60. The number of benzene rings is 1. The lowest BCUT2D eigenvalue weighted by atomic mass is 9.80. The number of rotatable bonds is 5. The van der Waals surface area contributed by atoms with Crippen molar-refractivity contribution in [2.45, 2.75) is 18.9 Å². The van der Waals surface area contributed by atoms with Crippen LogP contribution in [0.25, 0.3) is 16.5 Å². The molecule has 1 aromatic carbocycles. The fourth-order valence-electron chi connectivity index (χ4n) is 4.26. The lowest BCUT2D eigenvalue weighted by Crippen LogP contribution is -2.49. The molecule has 6 nitrogen and oxygen atoms in total. The maximum absolute atomic E-state index is 12.9. The van der Waals surface area contributed by atoms with Crippen molar-refractivity contribution < 1.29 is 9.90 Å². The maximum Gasteiger partial charge on any atom is 0.244 e. The number of likely N-dealkylation sites (N-methyl/N-ethyl adjacent to an activating group) is 1. The first-order valence-corrected chi connectivity index (χ1v) is 9.23. The van der Waals surface area contributed by atoms with E-state index in [9.17, 15) is 4.79 Å². The molecule has 3 N–H and O–H groups in total. The monoisotopic (exact) mass is 354 g/mol. The maximum atomic E-state index is 12.9. The molecule has 1 aromatic heterocycles. The van der Waals surface area contributed by atoms with Crippen LogP contribution in [0.1, 0.15) is 17.5 Å². The number of aliphatic hydroxyl groups excluding tert-OH is 1. The molecule has 0 spiro atoms. The summed E-state index contributed by atoms with van der Waals surface area (Å²) < 4.78 is 0. The highest BCUT2D eigenvalue weighted by Crippen LogP contribution is 2.40. The Morgan fingerprint density at radius 2 is 2.31 bits per heavy atom. The number of aromatic nitrogens is 1. The summed E-state index contributed by atoms with van der Waals surface area (Å²) in [7, 11) is 3.87. The molecule has 0 bridgehead atoms. The number of fused-ring (bicyclic) bond motifs is 2. The Balaban J connectivity index is 1.65. The zero-order chi connectivity index (χ0) is 18.3. The number of nitrogens with zero attached hydrogens (tertiary/aromatic N) is 2. The van der Waals surface area contributed by atoms with Gasteiger partial charge in [0.1, 0.15) is 0 Å². The van der Waals surface area contributed by atoms with Crippen molar-refractivity contribution in [1.29, 1.82) is 0 Å². The second-order valence-electron chi connectivity index (χ2n) is 7.31. The van der Waals surface area contributed by atoms with Crippen LogP contribution in [-0.4, -0.2) is 65.7 Å². The molecule has 4 rings (SSSR count). The van der Waals surface area contributed by atoms with E-state index >= 15 is 0 Å². The van der Waals surface area contributed by atoms with Crippen LogP contribution in [0.2, 0.25) is 0 Å². The number of aromatic amines is 1. The normalized spacial score (nSPS) is 22.2. The molecule has 1 aliphatic heterocycles. The van der Waals surface area contributed by atoms with Crippen LogP contribution in [0.3, 0.4) is 0 Å². The van der Waals surface area contributed by atoms with Crippen LogP contribution in [0, 0.1) is 5.92 Å². The predicted molar refractivity (Wildman–Crippen MR) is 102 cm³/mol. The standard InChI is InChI=1S/C20H26N4O2/c1-23-12-14(20(26)24(2)22-7-4-8-25)9-16-15-5-3-6-17-19(15)13(11-21-17)10-18(16)23/h3,5-6,9,11,14,18,21-22,25H,4,7-8,10,12H2,1-2H3/t14-,18-/m1/s1. The van der Waals surface area contributed by atoms with Gasteiger partial charge in [0.2, 0.25) is 5.91 Å². The summed E-state index contributed by atoms with van der Waals surface area (Å²) in [4.78, 5) is 18.5. The van der Waals surface area contributed by atoms with E-state index in [2.05, 4.69) is 52.8 Å². The molecule has 2 aromatic rings. The van der Waals surface area contributed by atoms with Gasteiger partial charge in [-0.3, -0.25) is 14.7 Å². The largest absolute Gasteiger partial charge is 0.396 e. The highest BCUT2D eigenvalue weighted by Gasteiger charge is 2.36. The van der Waals surface area contributed by atoms with Gasteiger partial charge in [0.05, 0.1) is 5.92 Å². The van der Waals surface area contributed by atoms with Crippen LogP contribution in [0.5, 0.6) is 0 Å². The summed E-state index contributed by atoms with van der Waals surface area (Å²) in [6.45, 7) is 1.43. The SMILES string of the molecule is CN(NCCCO)C(=O)[C@@H]1C=C2c3cccc4[nH]cc(c34)C[C@H]2N(C)C1. The molecule has 6 heteroatoms. The van der Waals surface area contributed by atoms with Crippen molar-refractivity contribution in [2.24, 2.45) is 5.92 Å². The summed E-state index contributed by atoms with van der Waals surface area (Å²) in [5, 5.41) is 11.8. The molecule has 138 valence electrons. The van der Waals surface area contributed by atoms with Gasteiger partial charge in [-0.2, -0.15) is 0 Å². The third-order valence-corrected chi connectivity index (χ3v) is 5.60. The van der Waals surface area contributed by atoms with E-state index in [0.717, 1.165) is 18.5 Å². The van der Waals surface area contributed by atoms with Crippen molar-refractivity contribution in [2.75, 3.05) is 33.8 Å². The summed E-state index contributed by atoms with van der Waals surface area (Å²) in [5.74, 6) is -0.110. The van der Waals surface area contributed by atoms with Gasteiger partial charge in [-0.25, -0.2) is 5.43 Å². The van der Waals surface area contributed by atoms with E-state index in [-0.39, 0.29) is 18.4 Å². The van der Waals surface area contributed by atoms with E-state index in [1.165, 1.54) is 22.1 Å². The van der Waals surface area contributed by atoms with Gasteiger partial charge in [0, 0.05) is 49.9 Å². The van der Waals surface area contributed by atoms with Crippen LogP contribution >= 0.6 is 0 Å². The summed E-state index contributed by atoms with van der Waals surface area (Å²) >= 11 is 0. The molecule has 0 radical (unpaired) electrons. The Bertz CT molecular complexity index is 857. The average molecular weight is 354 g/mol. The Kier molecular flexibility index (Phi) is 4.56. The van der Waals surface area contributed by atoms with E-state index in [4.69, 9.17) is 5.11 Å². The molecule has 0 saturated heterocycles. The average Bonchev–Trinajstić information content (AvgIpc) is 3.06. The molecule has 26 heavy (non-hydrogen) atoms. The topological polar surface area (TPSA) is 71.6 Å². The van der Waals surface area contributed by atoms with Gasteiger partial charge >= 0.3 is 0 Å². The van der Waals surface area contributed by atoms with Gasteiger partial charge in [0.25, 0.3) is 0 Å². The molecule has 2 heterocycles. The number of aliphatic hydroxyl groups is 1. The smallest absolute Gasteiger partial charge is 0.244 e. The predicted octanol–water partition coefficient (Wildman–Crippen LogP) is 1.38. The van der Waals surface area contributed by atoms with Gasteiger partial charge in [0.15, 0.2) is 0 Å². The van der Waals surface area contributed by atoms with Crippen molar-refractivity contribution in [3.8, 4) is 0 Å². The number of hydrogen-bond acceptors (Lipinski definition) is 4. The van der Waals surface area contributed by atoms with Gasteiger partial charge < -0.3 is 10.1 Å². The lowest BCUT2D eigenvalue weighted by Gasteiger charge is -2.40. The third kappa shape index (κ3) is 2.84. The minimum Gasteiger partial charge on any atom is -0.396 e. The van der Waals surface area contributed by atoms with Crippen LogP contribution in [0.15, 0.2) is 30.5 Å². The minimum absolute atomic E-state index is 0.0628. The highest BCUT2D eigenvalue weighted by molar-refractivity contribution is 5.99. The molecule has 0 saturated carbocycles. The Morgan fingerprint density at radius 3 is 3.12 bits per heavy atom. The van der Waals surface area contributed by atoms with E-state index in [1.54, 1.807) is 12.1 Å². The first-order chi connectivity index (χ1) is 12.6. The van der Waals surface area contributed by atoms with Gasteiger partial charge in [-0.1, -0.05) is 18.2 Å². The lowest BCUT2D eigenvalue weighted by molar-refractivity contribution is -0.136.